The highest BCUT2D eigenvalue weighted by Crippen LogP contribution is 2.26. The maximum atomic E-state index is 12.1. The monoisotopic (exact) mass is 416 g/mol. The number of phenolic OH excluding ortho intramolecular Hbond substituents is 2. The van der Waals surface area contributed by atoms with Crippen molar-refractivity contribution in [3.05, 3.63) is 68.0 Å². The van der Waals surface area contributed by atoms with Crippen LogP contribution in [0.25, 0.3) is 11.0 Å². The first-order valence-corrected chi connectivity index (χ1v) is 8.24. The number of amides is 1. The molecule has 3 aromatic rings. The summed E-state index contributed by atoms with van der Waals surface area (Å²) in [4.78, 5) is 23.7. The third-order valence-electron chi connectivity index (χ3n) is 3.70. The molecule has 26 heavy (non-hydrogen) atoms. The van der Waals surface area contributed by atoms with Crippen molar-refractivity contribution in [1.29, 1.82) is 0 Å². The molecule has 0 saturated heterocycles. The molecule has 0 fully saturated rings. The standard InChI is InChI=1S/C18H13BrN2O5/c1-9-6-16(24)26-17-11(9)3-5-15(23)13(17)8-20-21-18(25)12-7-10(19)2-4-14(12)22/h2-8,22-23H,1H3,(H,21,25)/b20-8-. The van der Waals surface area contributed by atoms with Gasteiger partial charge in [0, 0.05) is 15.9 Å². The first kappa shape index (κ1) is 17.7. The van der Waals surface area contributed by atoms with Crippen LogP contribution in [-0.4, -0.2) is 22.3 Å². The number of carbonyl (C=O) groups excluding carboxylic acids is 1. The van der Waals surface area contributed by atoms with Gasteiger partial charge in [0.15, 0.2) is 5.58 Å². The minimum absolute atomic E-state index is 0.0287. The van der Waals surface area contributed by atoms with Gasteiger partial charge in [0.25, 0.3) is 5.91 Å². The Hall–Kier alpha value is -3.13. The molecule has 8 heteroatoms. The number of benzene rings is 2. The number of rotatable bonds is 3. The van der Waals surface area contributed by atoms with Gasteiger partial charge in [-0.25, -0.2) is 10.2 Å². The normalized spacial score (nSPS) is 11.2. The SMILES string of the molecule is Cc1cc(=O)oc2c(/C=N\NC(=O)c3cc(Br)ccc3O)c(O)ccc12. The van der Waals surface area contributed by atoms with Crippen molar-refractivity contribution < 1.29 is 19.4 Å². The van der Waals surface area contributed by atoms with Crippen molar-refractivity contribution >= 4 is 39.0 Å². The molecule has 1 amide bonds. The van der Waals surface area contributed by atoms with Gasteiger partial charge in [-0.15, -0.1) is 0 Å². The molecular weight excluding hydrogens is 404 g/mol. The predicted molar refractivity (Wildman–Crippen MR) is 99.8 cm³/mol. The van der Waals surface area contributed by atoms with Gasteiger partial charge < -0.3 is 14.6 Å². The number of phenols is 2. The second-order valence-corrected chi connectivity index (χ2v) is 6.40. The minimum Gasteiger partial charge on any atom is -0.507 e. The number of aromatic hydroxyl groups is 2. The quantitative estimate of drug-likeness (QED) is 0.345. The Morgan fingerprint density at radius 2 is 1.92 bits per heavy atom. The highest BCUT2D eigenvalue weighted by Gasteiger charge is 2.13. The molecule has 1 heterocycles. The summed E-state index contributed by atoms with van der Waals surface area (Å²) in [7, 11) is 0. The third-order valence-corrected chi connectivity index (χ3v) is 4.19. The van der Waals surface area contributed by atoms with Gasteiger partial charge in [0.1, 0.15) is 11.5 Å². The maximum absolute atomic E-state index is 12.1. The number of hydrogen-bond donors (Lipinski definition) is 3. The maximum Gasteiger partial charge on any atom is 0.336 e. The lowest BCUT2D eigenvalue weighted by atomic mass is 10.1. The second-order valence-electron chi connectivity index (χ2n) is 5.48. The summed E-state index contributed by atoms with van der Waals surface area (Å²) in [6.45, 7) is 1.75. The van der Waals surface area contributed by atoms with Crippen molar-refractivity contribution in [2.45, 2.75) is 6.92 Å². The van der Waals surface area contributed by atoms with E-state index in [-0.39, 0.29) is 28.2 Å². The summed E-state index contributed by atoms with van der Waals surface area (Å²) in [5, 5.41) is 24.2. The van der Waals surface area contributed by atoms with Crippen LogP contribution in [0.15, 0.2) is 55.2 Å². The van der Waals surface area contributed by atoms with Crippen LogP contribution in [-0.2, 0) is 0 Å². The fourth-order valence-corrected chi connectivity index (χ4v) is 2.79. The van der Waals surface area contributed by atoms with E-state index in [1.807, 2.05) is 0 Å². The molecule has 0 aliphatic rings. The lowest BCUT2D eigenvalue weighted by Crippen LogP contribution is -2.17. The average molecular weight is 417 g/mol. The van der Waals surface area contributed by atoms with E-state index >= 15 is 0 Å². The van der Waals surface area contributed by atoms with Crippen LogP contribution in [0.5, 0.6) is 11.5 Å². The smallest absolute Gasteiger partial charge is 0.336 e. The van der Waals surface area contributed by atoms with Crippen LogP contribution in [0.1, 0.15) is 21.5 Å². The number of hydrazone groups is 1. The zero-order valence-electron chi connectivity index (χ0n) is 13.5. The number of nitrogens with zero attached hydrogens (tertiary/aromatic N) is 1. The van der Waals surface area contributed by atoms with E-state index in [9.17, 15) is 19.8 Å². The topological polar surface area (TPSA) is 112 Å². The Labute approximate surface area is 155 Å². The summed E-state index contributed by atoms with van der Waals surface area (Å²) in [6, 6.07) is 8.82. The van der Waals surface area contributed by atoms with Gasteiger partial charge in [0.2, 0.25) is 0 Å². The lowest BCUT2D eigenvalue weighted by Gasteiger charge is -2.06. The van der Waals surface area contributed by atoms with Crippen molar-refractivity contribution in [3.8, 4) is 11.5 Å². The second kappa shape index (κ2) is 7.01. The number of carbonyl (C=O) groups is 1. The van der Waals surface area contributed by atoms with Crippen LogP contribution in [0, 0.1) is 6.92 Å². The summed E-state index contributed by atoms with van der Waals surface area (Å²) in [6.07, 6.45) is 1.17. The van der Waals surface area contributed by atoms with Crippen LogP contribution < -0.4 is 11.1 Å². The Kier molecular flexibility index (Phi) is 4.77. The molecule has 7 nitrogen and oxygen atoms in total. The van der Waals surface area contributed by atoms with E-state index in [2.05, 4.69) is 26.5 Å². The summed E-state index contributed by atoms with van der Waals surface area (Å²) in [5.74, 6) is -0.998. The van der Waals surface area contributed by atoms with Gasteiger partial charge in [0.05, 0.1) is 17.3 Å². The average Bonchev–Trinajstić information content (AvgIpc) is 2.58. The van der Waals surface area contributed by atoms with Crippen molar-refractivity contribution in [3.63, 3.8) is 0 Å². The highest BCUT2D eigenvalue weighted by molar-refractivity contribution is 9.10. The third kappa shape index (κ3) is 3.45. The summed E-state index contributed by atoms with van der Waals surface area (Å²) < 4.78 is 5.78. The van der Waals surface area contributed by atoms with Gasteiger partial charge in [-0.1, -0.05) is 15.9 Å². The molecule has 0 atom stereocenters. The largest absolute Gasteiger partial charge is 0.507 e. The van der Waals surface area contributed by atoms with E-state index < -0.39 is 11.5 Å². The van der Waals surface area contributed by atoms with Crippen LogP contribution >= 0.6 is 15.9 Å². The molecule has 3 N–H and O–H groups in total. The Morgan fingerprint density at radius 3 is 2.69 bits per heavy atom. The molecule has 132 valence electrons. The molecule has 1 aromatic heterocycles. The molecule has 3 rings (SSSR count). The Morgan fingerprint density at radius 1 is 1.19 bits per heavy atom. The molecule has 0 saturated carbocycles. The number of hydrogen-bond acceptors (Lipinski definition) is 6. The number of fused-ring (bicyclic) bond motifs is 1. The van der Waals surface area contributed by atoms with E-state index in [0.717, 1.165) is 0 Å². The molecule has 0 unspecified atom stereocenters. The van der Waals surface area contributed by atoms with Gasteiger partial charge >= 0.3 is 5.63 Å². The highest BCUT2D eigenvalue weighted by atomic mass is 79.9. The summed E-state index contributed by atoms with van der Waals surface area (Å²) in [5.41, 5.74) is 2.74. The van der Waals surface area contributed by atoms with E-state index in [0.29, 0.717) is 15.4 Å². The summed E-state index contributed by atoms with van der Waals surface area (Å²) >= 11 is 3.22. The first-order chi connectivity index (χ1) is 12.4. The van der Waals surface area contributed by atoms with Crippen LogP contribution in [0.4, 0.5) is 0 Å². The molecule has 2 aromatic carbocycles. The van der Waals surface area contributed by atoms with E-state index in [4.69, 9.17) is 4.42 Å². The molecule has 0 spiro atoms. The van der Waals surface area contributed by atoms with Crippen molar-refractivity contribution in [2.24, 2.45) is 5.10 Å². The zero-order valence-corrected chi connectivity index (χ0v) is 15.1. The molecule has 0 aliphatic heterocycles. The fourth-order valence-electron chi connectivity index (χ4n) is 2.42. The van der Waals surface area contributed by atoms with Crippen LogP contribution in [0.2, 0.25) is 0 Å². The first-order valence-electron chi connectivity index (χ1n) is 7.45. The number of nitrogens with one attached hydrogen (secondary N) is 1. The van der Waals surface area contributed by atoms with Gasteiger partial charge in [-0.2, -0.15) is 5.10 Å². The van der Waals surface area contributed by atoms with Crippen molar-refractivity contribution in [2.75, 3.05) is 0 Å². The Bertz CT molecular complexity index is 1100. The fraction of sp³-hybridized carbons (Fsp3) is 0.0556. The minimum atomic E-state index is -0.641. The molecule has 0 radical (unpaired) electrons. The number of aryl methyl sites for hydroxylation is 1. The predicted octanol–water partition coefficient (Wildman–Crippen LogP) is 3.04. The van der Waals surface area contributed by atoms with Gasteiger partial charge in [-0.05, 0) is 42.8 Å². The van der Waals surface area contributed by atoms with E-state index in [1.54, 1.807) is 19.1 Å². The van der Waals surface area contributed by atoms with E-state index in [1.165, 1.54) is 30.5 Å². The van der Waals surface area contributed by atoms with Crippen molar-refractivity contribution in [1.82, 2.24) is 5.43 Å². The lowest BCUT2D eigenvalue weighted by molar-refractivity contribution is 0.0952. The zero-order chi connectivity index (χ0) is 18.8. The number of halogens is 1. The van der Waals surface area contributed by atoms with Crippen LogP contribution in [0.3, 0.4) is 0 Å². The van der Waals surface area contributed by atoms with Gasteiger partial charge in [-0.3, -0.25) is 4.79 Å². The molecular formula is C18H13BrN2O5. The molecule has 0 aliphatic carbocycles. The molecule has 0 bridgehead atoms. The Balaban J connectivity index is 1.94.